The van der Waals surface area contributed by atoms with Crippen molar-refractivity contribution in [3.8, 4) is 0 Å². The van der Waals surface area contributed by atoms with Gasteiger partial charge in [-0.2, -0.15) is 10.2 Å². The first kappa shape index (κ1) is 12.5. The van der Waals surface area contributed by atoms with Crippen LogP contribution >= 0.6 is 0 Å². The number of hydrogen-bond acceptors (Lipinski definition) is 4. The summed E-state index contributed by atoms with van der Waals surface area (Å²) in [6.45, 7) is 5.66. The molecule has 6 nitrogen and oxygen atoms in total. The van der Waals surface area contributed by atoms with Gasteiger partial charge in [0.15, 0.2) is 0 Å². The van der Waals surface area contributed by atoms with Crippen LogP contribution in [0.1, 0.15) is 18.2 Å². The van der Waals surface area contributed by atoms with Crippen LogP contribution < -0.4 is 11.1 Å². The fraction of sp³-hybridized carbons (Fsp3) is 0.500. The summed E-state index contributed by atoms with van der Waals surface area (Å²) < 4.78 is 3.71. The second kappa shape index (κ2) is 5.12. The molecule has 0 aromatic carbocycles. The Balaban J connectivity index is 1.96. The van der Waals surface area contributed by atoms with Gasteiger partial charge in [0, 0.05) is 19.8 Å². The van der Waals surface area contributed by atoms with Gasteiger partial charge in [-0.05, 0) is 18.9 Å². The molecule has 0 fully saturated rings. The summed E-state index contributed by atoms with van der Waals surface area (Å²) in [7, 11) is 1.90. The molecule has 0 unspecified atom stereocenters. The maximum absolute atomic E-state index is 6.03. The number of nitrogens with two attached hydrogens (primary N) is 1. The normalized spacial score (nSPS) is 10.8. The van der Waals surface area contributed by atoms with Crippen LogP contribution in [0.5, 0.6) is 0 Å². The first-order valence-electron chi connectivity index (χ1n) is 6.16. The van der Waals surface area contributed by atoms with Gasteiger partial charge in [0.2, 0.25) is 0 Å². The summed E-state index contributed by atoms with van der Waals surface area (Å²) in [4.78, 5) is 0. The van der Waals surface area contributed by atoms with Gasteiger partial charge in [-0.15, -0.1) is 0 Å². The van der Waals surface area contributed by atoms with Gasteiger partial charge in [-0.25, -0.2) is 0 Å². The Morgan fingerprint density at radius 3 is 2.78 bits per heavy atom. The third kappa shape index (κ3) is 2.47. The van der Waals surface area contributed by atoms with Gasteiger partial charge in [-0.1, -0.05) is 6.92 Å². The zero-order chi connectivity index (χ0) is 13.1. The topological polar surface area (TPSA) is 73.7 Å². The molecular weight excluding hydrogens is 228 g/mol. The summed E-state index contributed by atoms with van der Waals surface area (Å²) in [6.07, 6.45) is 4.72. The smallest absolute Gasteiger partial charge is 0.147 e. The third-order valence-electron chi connectivity index (χ3n) is 2.89. The van der Waals surface area contributed by atoms with E-state index in [4.69, 9.17) is 5.73 Å². The molecule has 0 aliphatic heterocycles. The number of nitrogens with one attached hydrogen (secondary N) is 1. The van der Waals surface area contributed by atoms with Gasteiger partial charge in [0.25, 0.3) is 0 Å². The van der Waals surface area contributed by atoms with Crippen molar-refractivity contribution in [2.75, 3.05) is 17.6 Å². The van der Waals surface area contributed by atoms with Crippen molar-refractivity contribution in [3.63, 3.8) is 0 Å². The van der Waals surface area contributed by atoms with E-state index in [1.54, 1.807) is 4.68 Å². The molecule has 3 N–H and O–H groups in total. The van der Waals surface area contributed by atoms with Crippen molar-refractivity contribution >= 4 is 11.5 Å². The molecule has 0 bridgehead atoms. The van der Waals surface area contributed by atoms with Crippen molar-refractivity contribution in [2.45, 2.75) is 26.8 Å². The zero-order valence-corrected chi connectivity index (χ0v) is 11.1. The number of nitrogen functional groups attached to an aromatic ring is 1. The Bertz CT molecular complexity index is 525. The Kier molecular flexibility index (Phi) is 3.55. The molecule has 0 aliphatic carbocycles. The fourth-order valence-corrected chi connectivity index (χ4v) is 1.94. The van der Waals surface area contributed by atoms with Crippen LogP contribution in [0.15, 0.2) is 12.4 Å². The van der Waals surface area contributed by atoms with Crippen LogP contribution in [0.25, 0.3) is 0 Å². The van der Waals surface area contributed by atoms with Crippen molar-refractivity contribution in [3.05, 3.63) is 23.7 Å². The minimum atomic E-state index is 0.747. The minimum Gasteiger partial charge on any atom is -0.394 e. The molecular formula is C12H20N6. The number of aromatic nitrogens is 4. The standard InChI is InChI=1S/C12H20N6/c1-4-10-11(13)12(17(3)16-10)14-5-6-18-8-9(2)7-15-18/h7-8,14H,4-6,13H2,1-3H3. The predicted octanol–water partition coefficient (Wildman–Crippen LogP) is 1.18. The maximum atomic E-state index is 6.03. The van der Waals surface area contributed by atoms with E-state index in [9.17, 15) is 0 Å². The zero-order valence-electron chi connectivity index (χ0n) is 11.1. The first-order chi connectivity index (χ1) is 8.61. The van der Waals surface area contributed by atoms with Crippen LogP contribution in [0.2, 0.25) is 0 Å². The molecule has 0 spiro atoms. The highest BCUT2D eigenvalue weighted by molar-refractivity contribution is 5.64. The summed E-state index contributed by atoms with van der Waals surface area (Å²) >= 11 is 0. The van der Waals surface area contributed by atoms with E-state index >= 15 is 0 Å². The summed E-state index contributed by atoms with van der Waals surface area (Å²) in [5, 5.41) is 11.9. The van der Waals surface area contributed by atoms with Crippen LogP contribution in [-0.2, 0) is 20.0 Å². The highest BCUT2D eigenvalue weighted by Crippen LogP contribution is 2.21. The van der Waals surface area contributed by atoms with Gasteiger partial charge in [0.1, 0.15) is 5.82 Å². The fourth-order valence-electron chi connectivity index (χ4n) is 1.94. The number of anilines is 2. The highest BCUT2D eigenvalue weighted by atomic mass is 15.3. The molecule has 2 aromatic heterocycles. The molecule has 0 saturated carbocycles. The number of nitrogens with zero attached hydrogens (tertiary/aromatic N) is 4. The third-order valence-corrected chi connectivity index (χ3v) is 2.89. The summed E-state index contributed by atoms with van der Waals surface area (Å²) in [6, 6.07) is 0. The van der Waals surface area contributed by atoms with Crippen molar-refractivity contribution in [2.24, 2.45) is 7.05 Å². The molecule has 18 heavy (non-hydrogen) atoms. The Hall–Kier alpha value is -1.98. The van der Waals surface area contributed by atoms with Gasteiger partial charge < -0.3 is 11.1 Å². The average Bonchev–Trinajstić information content (AvgIpc) is 2.86. The molecule has 0 saturated heterocycles. The van der Waals surface area contributed by atoms with E-state index in [1.807, 2.05) is 31.0 Å². The summed E-state index contributed by atoms with van der Waals surface area (Å²) in [5.41, 5.74) is 8.89. The second-order valence-corrected chi connectivity index (χ2v) is 4.39. The molecule has 0 aliphatic rings. The molecule has 98 valence electrons. The molecule has 2 rings (SSSR count). The van der Waals surface area contributed by atoms with Crippen LogP contribution in [-0.4, -0.2) is 26.1 Å². The van der Waals surface area contributed by atoms with E-state index in [1.165, 1.54) is 5.56 Å². The largest absolute Gasteiger partial charge is 0.394 e. The lowest BCUT2D eigenvalue weighted by Crippen LogP contribution is -2.13. The molecule has 2 heterocycles. The predicted molar refractivity (Wildman–Crippen MR) is 72.5 cm³/mol. The van der Waals surface area contributed by atoms with Crippen LogP contribution in [0.3, 0.4) is 0 Å². The molecule has 0 amide bonds. The lowest BCUT2D eigenvalue weighted by molar-refractivity contribution is 0.633. The van der Waals surface area contributed by atoms with Crippen molar-refractivity contribution < 1.29 is 0 Å². The van der Waals surface area contributed by atoms with E-state index in [2.05, 4.69) is 22.4 Å². The highest BCUT2D eigenvalue weighted by Gasteiger charge is 2.10. The minimum absolute atomic E-state index is 0.747. The molecule has 6 heteroatoms. The number of aryl methyl sites for hydroxylation is 3. The molecule has 0 radical (unpaired) electrons. The summed E-state index contributed by atoms with van der Waals surface area (Å²) in [5.74, 6) is 0.885. The Morgan fingerprint density at radius 1 is 1.44 bits per heavy atom. The Morgan fingerprint density at radius 2 is 2.22 bits per heavy atom. The lowest BCUT2D eigenvalue weighted by atomic mass is 10.3. The van der Waals surface area contributed by atoms with Crippen molar-refractivity contribution in [1.82, 2.24) is 19.6 Å². The van der Waals surface area contributed by atoms with Gasteiger partial charge in [0.05, 0.1) is 24.1 Å². The lowest BCUT2D eigenvalue weighted by Gasteiger charge is -2.07. The van der Waals surface area contributed by atoms with Crippen LogP contribution in [0.4, 0.5) is 11.5 Å². The monoisotopic (exact) mass is 248 g/mol. The maximum Gasteiger partial charge on any atom is 0.147 e. The Labute approximate surface area is 107 Å². The van der Waals surface area contributed by atoms with Gasteiger partial charge >= 0.3 is 0 Å². The average molecular weight is 248 g/mol. The number of rotatable bonds is 5. The van der Waals surface area contributed by atoms with Crippen molar-refractivity contribution in [1.29, 1.82) is 0 Å². The number of hydrogen-bond donors (Lipinski definition) is 2. The van der Waals surface area contributed by atoms with Crippen LogP contribution in [0, 0.1) is 6.92 Å². The second-order valence-electron chi connectivity index (χ2n) is 4.39. The van der Waals surface area contributed by atoms with E-state index < -0.39 is 0 Å². The van der Waals surface area contributed by atoms with E-state index in [0.717, 1.165) is 36.7 Å². The van der Waals surface area contributed by atoms with Gasteiger partial charge in [-0.3, -0.25) is 9.36 Å². The molecule has 0 atom stereocenters. The SMILES string of the molecule is CCc1nn(C)c(NCCn2cc(C)cn2)c1N. The quantitative estimate of drug-likeness (QED) is 0.833. The molecule has 2 aromatic rings. The van der Waals surface area contributed by atoms with E-state index in [-0.39, 0.29) is 0 Å². The van der Waals surface area contributed by atoms with E-state index in [0.29, 0.717) is 0 Å². The first-order valence-corrected chi connectivity index (χ1v) is 6.16.